The highest BCUT2D eigenvalue weighted by Crippen LogP contribution is 2.26. The molecule has 0 radical (unpaired) electrons. The monoisotopic (exact) mass is 397 g/mol. The lowest BCUT2D eigenvalue weighted by atomic mass is 10.0. The highest BCUT2D eigenvalue weighted by Gasteiger charge is 2.14. The van der Waals surface area contributed by atoms with Crippen LogP contribution < -0.4 is 9.26 Å². The van der Waals surface area contributed by atoms with Gasteiger partial charge in [-0.25, -0.2) is 4.52 Å². The molecule has 4 nitrogen and oxygen atoms in total. The molecule has 0 saturated heterocycles. The minimum atomic E-state index is -2.63. The van der Waals surface area contributed by atoms with Crippen LogP contribution in [0.2, 0.25) is 0 Å². The second-order valence-electron chi connectivity index (χ2n) is 7.25. The molecule has 1 aromatic rings. The van der Waals surface area contributed by atoms with Crippen LogP contribution in [0.4, 0.5) is 0 Å². The van der Waals surface area contributed by atoms with E-state index in [0.29, 0.717) is 18.1 Å². The Labute approximate surface area is 166 Å². The molecule has 0 heterocycles. The normalized spacial score (nSPS) is 11.4. The van der Waals surface area contributed by atoms with E-state index in [2.05, 4.69) is 6.92 Å². The second kappa shape index (κ2) is 17.0. The molecule has 0 aliphatic rings. The summed E-state index contributed by atoms with van der Waals surface area (Å²) in [6.07, 6.45) is 18.8. The number of unbranched alkanes of at least 4 members (excludes halogenated alkanes) is 13. The molecule has 0 fully saturated rings. The molecule has 27 heavy (non-hydrogen) atoms. The lowest BCUT2D eigenvalue weighted by molar-refractivity contribution is 0.303. The van der Waals surface area contributed by atoms with E-state index in [1.807, 2.05) is 6.07 Å². The minimum Gasteiger partial charge on any atom is -0.493 e. The molecular formula is C22H38O4P+. The molecule has 0 aromatic heterocycles. The molecule has 0 aliphatic carbocycles. The topological polar surface area (TPSA) is 55.8 Å². The Morgan fingerprint density at radius 2 is 1.26 bits per heavy atom. The van der Waals surface area contributed by atoms with Crippen molar-refractivity contribution in [3.63, 3.8) is 0 Å². The van der Waals surface area contributed by atoms with Crippen molar-refractivity contribution < 1.29 is 18.7 Å². The Morgan fingerprint density at radius 1 is 0.778 bits per heavy atom. The average Bonchev–Trinajstić information content (AvgIpc) is 2.64. The van der Waals surface area contributed by atoms with Crippen molar-refractivity contribution in [1.29, 1.82) is 0 Å². The van der Waals surface area contributed by atoms with Gasteiger partial charge in [0.2, 0.25) is 0 Å². The predicted octanol–water partition coefficient (Wildman–Crippen LogP) is 7.58. The van der Waals surface area contributed by atoms with Gasteiger partial charge in [0.1, 0.15) is 5.75 Å². The van der Waals surface area contributed by atoms with Gasteiger partial charge in [0.15, 0.2) is 5.75 Å². The Balaban J connectivity index is 1.87. The van der Waals surface area contributed by atoms with Crippen LogP contribution in [0.25, 0.3) is 0 Å². The van der Waals surface area contributed by atoms with Crippen molar-refractivity contribution in [3.05, 3.63) is 24.3 Å². The van der Waals surface area contributed by atoms with Crippen LogP contribution in [0.3, 0.4) is 0 Å². The first-order chi connectivity index (χ1) is 13.2. The van der Waals surface area contributed by atoms with Gasteiger partial charge in [-0.2, -0.15) is 0 Å². The van der Waals surface area contributed by atoms with E-state index in [9.17, 15) is 4.57 Å². The molecular weight excluding hydrogens is 359 g/mol. The van der Waals surface area contributed by atoms with Crippen molar-refractivity contribution in [1.82, 2.24) is 0 Å². The van der Waals surface area contributed by atoms with E-state index in [-0.39, 0.29) is 0 Å². The molecule has 0 saturated carbocycles. The lowest BCUT2D eigenvalue weighted by Gasteiger charge is -2.06. The standard InChI is InChI=1S/C22H37O4P/c1-2-3-4-5-6-7-8-9-10-11-12-13-14-15-19-25-21-17-16-18-22(20-21)26-27(23)24/h16-18,20H,2-15,19H2,1H3/p+1. The Kier molecular flexibility index (Phi) is 15.1. The highest BCUT2D eigenvalue weighted by molar-refractivity contribution is 7.32. The number of ether oxygens (including phenoxy) is 1. The predicted molar refractivity (Wildman–Crippen MR) is 113 cm³/mol. The fourth-order valence-corrected chi connectivity index (χ4v) is 3.49. The van der Waals surface area contributed by atoms with Gasteiger partial charge in [-0.15, -0.1) is 4.89 Å². The van der Waals surface area contributed by atoms with Gasteiger partial charge in [0, 0.05) is 10.6 Å². The number of benzene rings is 1. The maximum absolute atomic E-state index is 10.7. The number of hydrogen-bond donors (Lipinski definition) is 1. The summed E-state index contributed by atoms with van der Waals surface area (Å²) in [6.45, 7) is 2.94. The minimum absolute atomic E-state index is 0.358. The molecule has 1 atom stereocenters. The molecule has 0 amide bonds. The third-order valence-electron chi connectivity index (χ3n) is 4.76. The summed E-state index contributed by atoms with van der Waals surface area (Å²) >= 11 is 0. The fraction of sp³-hybridized carbons (Fsp3) is 0.727. The highest BCUT2D eigenvalue weighted by atomic mass is 31.1. The van der Waals surface area contributed by atoms with Crippen LogP contribution in [0.5, 0.6) is 11.5 Å². The zero-order valence-electron chi connectivity index (χ0n) is 17.0. The second-order valence-corrected chi connectivity index (χ2v) is 7.91. The Hall–Kier alpha value is -1.12. The average molecular weight is 398 g/mol. The van der Waals surface area contributed by atoms with E-state index >= 15 is 0 Å². The van der Waals surface area contributed by atoms with Gasteiger partial charge in [0.05, 0.1) is 6.61 Å². The summed E-state index contributed by atoms with van der Waals surface area (Å²) in [5, 5.41) is 0. The SMILES string of the molecule is CCCCCCCCCCCCCCCCOc1cccc(O[P+](=O)O)c1. The van der Waals surface area contributed by atoms with Crippen molar-refractivity contribution in [3.8, 4) is 11.5 Å². The van der Waals surface area contributed by atoms with Crippen LogP contribution in [0.1, 0.15) is 96.8 Å². The molecule has 154 valence electrons. The van der Waals surface area contributed by atoms with Gasteiger partial charge >= 0.3 is 8.25 Å². The maximum atomic E-state index is 10.7. The van der Waals surface area contributed by atoms with Crippen molar-refractivity contribution in [2.75, 3.05) is 6.61 Å². The van der Waals surface area contributed by atoms with E-state index < -0.39 is 8.25 Å². The van der Waals surface area contributed by atoms with Gasteiger partial charge in [-0.1, -0.05) is 96.5 Å². The molecule has 0 bridgehead atoms. The van der Waals surface area contributed by atoms with E-state index in [1.54, 1.807) is 18.2 Å². The number of hydrogen-bond acceptors (Lipinski definition) is 3. The zero-order chi connectivity index (χ0) is 19.6. The lowest BCUT2D eigenvalue weighted by Crippen LogP contribution is -1.97. The van der Waals surface area contributed by atoms with Gasteiger partial charge < -0.3 is 4.74 Å². The van der Waals surface area contributed by atoms with Gasteiger partial charge in [-0.05, 0) is 18.6 Å². The van der Waals surface area contributed by atoms with Crippen molar-refractivity contribution >= 4 is 8.25 Å². The first-order valence-corrected chi connectivity index (χ1v) is 11.9. The molecule has 1 aromatic carbocycles. The molecule has 5 heteroatoms. The Bertz CT molecular complexity index is 493. The first-order valence-electron chi connectivity index (χ1n) is 10.8. The molecule has 0 aliphatic heterocycles. The maximum Gasteiger partial charge on any atom is 0.747 e. The van der Waals surface area contributed by atoms with Crippen LogP contribution >= 0.6 is 8.25 Å². The largest absolute Gasteiger partial charge is 0.747 e. The summed E-state index contributed by atoms with van der Waals surface area (Å²) in [5.74, 6) is 1.04. The molecule has 1 unspecified atom stereocenters. The smallest absolute Gasteiger partial charge is 0.493 e. The summed E-state index contributed by atoms with van der Waals surface area (Å²) < 4.78 is 21.1. The van der Waals surface area contributed by atoms with Crippen molar-refractivity contribution in [2.24, 2.45) is 0 Å². The zero-order valence-corrected chi connectivity index (χ0v) is 17.9. The van der Waals surface area contributed by atoms with E-state index in [1.165, 1.54) is 83.5 Å². The third-order valence-corrected chi connectivity index (χ3v) is 5.12. The van der Waals surface area contributed by atoms with Gasteiger partial charge in [-0.3, -0.25) is 0 Å². The fourth-order valence-electron chi connectivity index (χ4n) is 3.20. The van der Waals surface area contributed by atoms with Crippen LogP contribution in [-0.2, 0) is 4.57 Å². The third kappa shape index (κ3) is 14.6. The first kappa shape index (κ1) is 23.9. The van der Waals surface area contributed by atoms with E-state index in [0.717, 1.165) is 6.42 Å². The van der Waals surface area contributed by atoms with Crippen molar-refractivity contribution in [2.45, 2.75) is 96.8 Å². The molecule has 1 N–H and O–H groups in total. The van der Waals surface area contributed by atoms with Crippen LogP contribution in [-0.4, -0.2) is 11.5 Å². The summed E-state index contributed by atoms with van der Waals surface area (Å²) in [5.41, 5.74) is 0. The quantitative estimate of drug-likeness (QED) is 0.205. The number of rotatable bonds is 18. The summed E-state index contributed by atoms with van der Waals surface area (Å²) in [4.78, 5) is 8.76. The summed E-state index contributed by atoms with van der Waals surface area (Å²) in [6, 6.07) is 6.88. The van der Waals surface area contributed by atoms with Crippen LogP contribution in [0, 0.1) is 0 Å². The summed E-state index contributed by atoms with van der Waals surface area (Å²) in [7, 11) is -2.63. The van der Waals surface area contributed by atoms with E-state index in [4.69, 9.17) is 14.2 Å². The molecule has 1 rings (SSSR count). The molecule has 0 spiro atoms. The van der Waals surface area contributed by atoms with Gasteiger partial charge in [0.25, 0.3) is 0 Å². The van der Waals surface area contributed by atoms with Crippen LogP contribution in [0.15, 0.2) is 24.3 Å². The Morgan fingerprint density at radius 3 is 1.78 bits per heavy atom.